The fraction of sp³-hybridized carbons (Fsp3) is 0.500. The van der Waals surface area contributed by atoms with E-state index >= 15 is 0 Å². The molecule has 2 aromatic heterocycles. The van der Waals surface area contributed by atoms with Crippen LogP contribution in [-0.2, 0) is 0 Å². The van der Waals surface area contributed by atoms with Gasteiger partial charge in [-0.2, -0.15) is 5.26 Å². The van der Waals surface area contributed by atoms with E-state index in [1.54, 1.807) is 12.4 Å². The van der Waals surface area contributed by atoms with Crippen molar-refractivity contribution < 1.29 is 4.79 Å². The number of rotatable bonds is 3. The van der Waals surface area contributed by atoms with Crippen LogP contribution in [0.25, 0.3) is 11.0 Å². The summed E-state index contributed by atoms with van der Waals surface area (Å²) in [5, 5.41) is 11.0. The first-order valence-electron chi connectivity index (χ1n) is 8.04. The fourth-order valence-electron chi connectivity index (χ4n) is 2.91. The van der Waals surface area contributed by atoms with Crippen LogP contribution in [0.1, 0.15) is 32.1 Å². The van der Waals surface area contributed by atoms with Crippen LogP contribution in [0.4, 0.5) is 10.6 Å². The lowest BCUT2D eigenvalue weighted by Gasteiger charge is -2.32. The Kier molecular flexibility index (Phi) is 6.37. The number of hydrogen-bond acceptors (Lipinski definition) is 5. The molecule has 2 amide bonds. The highest BCUT2D eigenvalue weighted by Gasteiger charge is 2.20. The average molecular weight is 329 g/mol. The first-order valence-corrected chi connectivity index (χ1v) is 8.04. The molecule has 0 unspecified atom stereocenters. The van der Waals surface area contributed by atoms with Crippen molar-refractivity contribution >= 4 is 22.9 Å². The number of nitrogens with zero attached hydrogens (tertiary/aromatic N) is 4. The lowest BCUT2D eigenvalue weighted by molar-refractivity contribution is 0.250. The number of amides is 2. The molecule has 0 saturated heterocycles. The van der Waals surface area contributed by atoms with Gasteiger partial charge in [-0.25, -0.2) is 14.8 Å². The maximum Gasteiger partial charge on any atom is 0.313 e. The molecule has 128 valence electrons. The van der Waals surface area contributed by atoms with E-state index in [-0.39, 0.29) is 6.54 Å². The number of carbonyl (C=O) groups excluding carboxylic acids is 1. The van der Waals surface area contributed by atoms with Crippen molar-refractivity contribution in [3.05, 3.63) is 18.6 Å². The van der Waals surface area contributed by atoms with Gasteiger partial charge in [0.15, 0.2) is 0 Å². The predicted octanol–water partition coefficient (Wildman–Crippen LogP) is 1.91. The van der Waals surface area contributed by atoms with Crippen LogP contribution in [0.5, 0.6) is 0 Å². The molecule has 3 rings (SSSR count). The topological polar surface area (TPSA) is 124 Å². The summed E-state index contributed by atoms with van der Waals surface area (Å²) in [6.07, 6.45) is 10.2. The van der Waals surface area contributed by atoms with E-state index in [4.69, 9.17) is 5.26 Å². The molecule has 0 spiro atoms. The smallest absolute Gasteiger partial charge is 0.313 e. The van der Waals surface area contributed by atoms with Crippen LogP contribution >= 0.6 is 0 Å². The number of aromatic amines is 1. The molecule has 24 heavy (non-hydrogen) atoms. The maximum atomic E-state index is 9.72. The van der Waals surface area contributed by atoms with Gasteiger partial charge in [0.25, 0.3) is 0 Å². The van der Waals surface area contributed by atoms with Gasteiger partial charge in [-0.15, -0.1) is 0 Å². The number of carbonyl (C=O) groups is 1. The molecule has 0 radical (unpaired) electrons. The third kappa shape index (κ3) is 4.59. The van der Waals surface area contributed by atoms with E-state index in [2.05, 4.69) is 44.0 Å². The summed E-state index contributed by atoms with van der Waals surface area (Å²) in [5.74, 6) is 1.06. The molecule has 0 aliphatic heterocycles. The second-order valence-corrected chi connectivity index (χ2v) is 5.72. The SMILES string of the molecule is CN(c1ncnc2[nH]ccc12)C1CCCCC1.N#CCNC(N)=O. The third-order valence-corrected chi connectivity index (χ3v) is 4.13. The molecular weight excluding hydrogens is 306 g/mol. The molecule has 8 nitrogen and oxygen atoms in total. The average Bonchev–Trinajstić information content (AvgIpc) is 3.09. The highest BCUT2D eigenvalue weighted by atomic mass is 16.2. The van der Waals surface area contributed by atoms with E-state index in [0.717, 1.165) is 16.9 Å². The third-order valence-electron chi connectivity index (χ3n) is 4.13. The Labute approximate surface area is 141 Å². The highest BCUT2D eigenvalue weighted by molar-refractivity contribution is 5.87. The Morgan fingerprint density at radius 3 is 2.83 bits per heavy atom. The number of nitrogens with two attached hydrogens (primary N) is 1. The summed E-state index contributed by atoms with van der Waals surface area (Å²) in [5.41, 5.74) is 5.51. The first kappa shape index (κ1) is 17.5. The lowest BCUT2D eigenvalue weighted by Crippen LogP contribution is -2.34. The second-order valence-electron chi connectivity index (χ2n) is 5.72. The van der Waals surface area contributed by atoms with Crippen LogP contribution in [-0.4, -0.2) is 40.6 Å². The number of primary amides is 1. The van der Waals surface area contributed by atoms with E-state index in [1.807, 2.05) is 6.20 Å². The Balaban J connectivity index is 0.000000256. The zero-order chi connectivity index (χ0) is 17.4. The number of anilines is 1. The minimum atomic E-state index is -0.665. The largest absolute Gasteiger partial charge is 0.356 e. The molecule has 0 atom stereocenters. The minimum Gasteiger partial charge on any atom is -0.356 e. The summed E-state index contributed by atoms with van der Waals surface area (Å²) in [6.45, 7) is -0.0185. The van der Waals surface area contributed by atoms with Gasteiger partial charge in [0.2, 0.25) is 0 Å². The fourth-order valence-corrected chi connectivity index (χ4v) is 2.91. The molecule has 0 aromatic carbocycles. The predicted molar refractivity (Wildman–Crippen MR) is 92.4 cm³/mol. The van der Waals surface area contributed by atoms with E-state index in [0.29, 0.717) is 6.04 Å². The molecular formula is C16H23N7O. The molecule has 2 aromatic rings. The molecule has 8 heteroatoms. The lowest BCUT2D eigenvalue weighted by atomic mass is 9.94. The van der Waals surface area contributed by atoms with Crippen LogP contribution in [0.3, 0.4) is 0 Å². The summed E-state index contributed by atoms with van der Waals surface area (Å²) in [6, 6.07) is 3.72. The zero-order valence-electron chi connectivity index (χ0n) is 13.8. The summed E-state index contributed by atoms with van der Waals surface area (Å²) < 4.78 is 0. The van der Waals surface area contributed by atoms with Crippen LogP contribution in [0.2, 0.25) is 0 Å². The normalized spacial score (nSPS) is 14.3. The quantitative estimate of drug-likeness (QED) is 0.742. The Morgan fingerprint density at radius 2 is 2.21 bits per heavy atom. The molecule has 1 saturated carbocycles. The standard InChI is InChI=1S/C13H18N4.C3H5N3O/c1-17(10-5-3-2-4-6-10)13-11-7-8-14-12(11)15-9-16-13;4-1-2-6-3(5)7/h7-10H,2-6H2,1H3,(H,14,15,16);2H2,(H3,5,6,7). The molecule has 1 aliphatic rings. The monoisotopic (exact) mass is 329 g/mol. The van der Waals surface area contributed by atoms with E-state index in [1.165, 1.54) is 32.1 Å². The van der Waals surface area contributed by atoms with Gasteiger partial charge in [0.05, 0.1) is 11.5 Å². The maximum absolute atomic E-state index is 9.72. The summed E-state index contributed by atoms with van der Waals surface area (Å²) >= 11 is 0. The van der Waals surface area contributed by atoms with Crippen molar-refractivity contribution in [3.8, 4) is 6.07 Å². The van der Waals surface area contributed by atoms with Gasteiger partial charge >= 0.3 is 6.03 Å². The van der Waals surface area contributed by atoms with Crippen molar-refractivity contribution in [3.63, 3.8) is 0 Å². The van der Waals surface area contributed by atoms with Gasteiger partial charge in [-0.3, -0.25) is 0 Å². The molecule has 1 aliphatic carbocycles. The summed E-state index contributed by atoms with van der Waals surface area (Å²) in [7, 11) is 2.16. The van der Waals surface area contributed by atoms with Crippen molar-refractivity contribution in [1.29, 1.82) is 5.26 Å². The van der Waals surface area contributed by atoms with Gasteiger partial charge in [0.1, 0.15) is 24.3 Å². The minimum absolute atomic E-state index is 0.0185. The van der Waals surface area contributed by atoms with Crippen LogP contribution in [0.15, 0.2) is 18.6 Å². The van der Waals surface area contributed by atoms with Gasteiger partial charge in [-0.05, 0) is 18.9 Å². The Hall–Kier alpha value is -2.82. The number of fused-ring (bicyclic) bond motifs is 1. The van der Waals surface area contributed by atoms with Crippen molar-refractivity contribution in [2.45, 2.75) is 38.1 Å². The molecule has 0 bridgehead atoms. The second kappa shape index (κ2) is 8.72. The number of hydrogen-bond donors (Lipinski definition) is 3. The Morgan fingerprint density at radius 1 is 1.46 bits per heavy atom. The summed E-state index contributed by atoms with van der Waals surface area (Å²) in [4.78, 5) is 23.9. The van der Waals surface area contributed by atoms with Crippen molar-refractivity contribution in [2.24, 2.45) is 5.73 Å². The van der Waals surface area contributed by atoms with E-state index in [9.17, 15) is 4.79 Å². The number of urea groups is 1. The van der Waals surface area contributed by atoms with Gasteiger partial charge < -0.3 is 20.9 Å². The van der Waals surface area contributed by atoms with Crippen LogP contribution < -0.4 is 16.0 Å². The number of nitriles is 1. The molecule has 1 fully saturated rings. The highest BCUT2D eigenvalue weighted by Crippen LogP contribution is 2.28. The van der Waals surface area contributed by atoms with Gasteiger partial charge in [-0.1, -0.05) is 19.3 Å². The number of aromatic nitrogens is 3. The zero-order valence-corrected chi connectivity index (χ0v) is 13.8. The van der Waals surface area contributed by atoms with Crippen LogP contribution in [0, 0.1) is 11.3 Å². The number of nitrogens with one attached hydrogen (secondary N) is 2. The van der Waals surface area contributed by atoms with Crippen molar-refractivity contribution in [1.82, 2.24) is 20.3 Å². The van der Waals surface area contributed by atoms with Gasteiger partial charge in [0, 0.05) is 19.3 Å². The van der Waals surface area contributed by atoms with Crippen molar-refractivity contribution in [2.75, 3.05) is 18.5 Å². The molecule has 4 N–H and O–H groups in total. The molecule has 2 heterocycles. The number of H-pyrrole nitrogens is 1. The Bertz CT molecular complexity index is 700. The van der Waals surface area contributed by atoms with E-state index < -0.39 is 6.03 Å². The first-order chi connectivity index (χ1) is 11.6.